The molecule has 94 valence electrons. The molecule has 0 atom stereocenters. The molecule has 0 unspecified atom stereocenters. The van der Waals surface area contributed by atoms with Crippen molar-refractivity contribution in [3.05, 3.63) is 0 Å². The summed E-state index contributed by atoms with van der Waals surface area (Å²) in [6.45, 7) is 1.94. The minimum absolute atomic E-state index is 0.364. The van der Waals surface area contributed by atoms with Gasteiger partial charge < -0.3 is 10.6 Å². The standard InChI is InChI=1S/C14H22N2O/c17-14(16-12-6-15-7-12)13-10-2-8-1-9(4-10)5-11(13)3-8/h8-13,15H,1-7H2,(H,16,17). The number of carbonyl (C=O) groups excluding carboxylic acids is 1. The fourth-order valence-corrected chi connectivity index (χ4v) is 5.04. The van der Waals surface area contributed by atoms with Crippen molar-refractivity contribution in [1.82, 2.24) is 10.6 Å². The highest BCUT2D eigenvalue weighted by molar-refractivity contribution is 5.80. The van der Waals surface area contributed by atoms with Gasteiger partial charge in [0, 0.05) is 19.0 Å². The first-order valence-electron chi connectivity index (χ1n) is 7.30. The Bertz CT molecular complexity index is 309. The molecule has 0 spiro atoms. The van der Waals surface area contributed by atoms with E-state index < -0.39 is 0 Å². The average molecular weight is 234 g/mol. The van der Waals surface area contributed by atoms with Crippen molar-refractivity contribution in [2.45, 2.75) is 38.1 Å². The van der Waals surface area contributed by atoms with Gasteiger partial charge in [-0.1, -0.05) is 0 Å². The zero-order valence-corrected chi connectivity index (χ0v) is 10.3. The van der Waals surface area contributed by atoms with E-state index in [2.05, 4.69) is 10.6 Å². The van der Waals surface area contributed by atoms with Crippen molar-refractivity contribution >= 4 is 5.91 Å². The summed E-state index contributed by atoms with van der Waals surface area (Å²) >= 11 is 0. The molecule has 4 saturated carbocycles. The van der Waals surface area contributed by atoms with Crippen molar-refractivity contribution in [3.8, 4) is 0 Å². The minimum Gasteiger partial charge on any atom is -0.351 e. The largest absolute Gasteiger partial charge is 0.351 e. The van der Waals surface area contributed by atoms with Gasteiger partial charge >= 0.3 is 0 Å². The van der Waals surface area contributed by atoms with Crippen LogP contribution >= 0.6 is 0 Å². The zero-order valence-electron chi connectivity index (χ0n) is 10.3. The Balaban J connectivity index is 1.48. The molecule has 1 amide bonds. The smallest absolute Gasteiger partial charge is 0.223 e. The minimum atomic E-state index is 0.364. The quantitative estimate of drug-likeness (QED) is 0.752. The van der Waals surface area contributed by atoms with Crippen LogP contribution in [0.4, 0.5) is 0 Å². The van der Waals surface area contributed by atoms with E-state index in [4.69, 9.17) is 0 Å². The molecule has 3 nitrogen and oxygen atoms in total. The average Bonchev–Trinajstić information content (AvgIpc) is 2.22. The van der Waals surface area contributed by atoms with Crippen LogP contribution in [-0.4, -0.2) is 25.0 Å². The summed E-state index contributed by atoms with van der Waals surface area (Å²) in [5, 5.41) is 6.46. The third-order valence-electron chi connectivity index (χ3n) is 5.66. The third kappa shape index (κ3) is 1.62. The number of rotatable bonds is 2. The first kappa shape index (κ1) is 10.4. The lowest BCUT2D eigenvalue weighted by atomic mass is 9.51. The lowest BCUT2D eigenvalue weighted by molar-refractivity contribution is -0.139. The van der Waals surface area contributed by atoms with Crippen molar-refractivity contribution in [2.24, 2.45) is 29.6 Å². The fourth-order valence-electron chi connectivity index (χ4n) is 5.04. The Hall–Kier alpha value is -0.570. The topological polar surface area (TPSA) is 41.1 Å². The lowest BCUT2D eigenvalue weighted by Crippen LogP contribution is -2.60. The highest BCUT2D eigenvalue weighted by atomic mass is 16.2. The van der Waals surface area contributed by atoms with E-state index in [0.29, 0.717) is 17.9 Å². The molecule has 0 aromatic carbocycles. The summed E-state index contributed by atoms with van der Waals surface area (Å²) in [7, 11) is 0. The van der Waals surface area contributed by atoms with Crippen LogP contribution in [0.25, 0.3) is 0 Å². The normalized spacial score (nSPS) is 47.9. The first-order valence-corrected chi connectivity index (χ1v) is 7.30. The summed E-state index contributed by atoms with van der Waals surface area (Å²) < 4.78 is 0. The van der Waals surface area contributed by atoms with Gasteiger partial charge in [-0.3, -0.25) is 4.79 Å². The van der Waals surface area contributed by atoms with Crippen molar-refractivity contribution < 1.29 is 4.79 Å². The molecule has 5 fully saturated rings. The fraction of sp³-hybridized carbons (Fsp3) is 0.929. The Kier molecular flexibility index (Phi) is 2.26. The highest BCUT2D eigenvalue weighted by Crippen LogP contribution is 2.56. The van der Waals surface area contributed by atoms with Gasteiger partial charge in [-0.25, -0.2) is 0 Å². The van der Waals surface area contributed by atoms with Crippen LogP contribution in [0, 0.1) is 29.6 Å². The molecule has 1 heterocycles. The second-order valence-corrected chi connectivity index (χ2v) is 6.82. The number of hydrogen-bond donors (Lipinski definition) is 2. The second-order valence-electron chi connectivity index (χ2n) is 6.82. The van der Waals surface area contributed by atoms with Gasteiger partial charge in [0.15, 0.2) is 0 Å². The molecule has 3 heteroatoms. The molecular formula is C14H22N2O. The molecule has 1 aliphatic heterocycles. The highest BCUT2D eigenvalue weighted by Gasteiger charge is 2.50. The van der Waals surface area contributed by atoms with Crippen molar-refractivity contribution in [2.75, 3.05) is 13.1 Å². The predicted molar refractivity (Wildman–Crippen MR) is 65.3 cm³/mol. The zero-order chi connectivity index (χ0) is 11.4. The van der Waals surface area contributed by atoms with Crippen LogP contribution in [-0.2, 0) is 4.79 Å². The van der Waals surface area contributed by atoms with E-state index in [1.165, 1.54) is 32.1 Å². The van der Waals surface area contributed by atoms with Crippen molar-refractivity contribution in [3.63, 3.8) is 0 Å². The first-order chi connectivity index (χ1) is 8.29. The van der Waals surface area contributed by atoms with Gasteiger partial charge in [0.25, 0.3) is 0 Å². The molecule has 0 aromatic rings. The van der Waals surface area contributed by atoms with E-state index >= 15 is 0 Å². The number of hydrogen-bond acceptors (Lipinski definition) is 2. The molecule has 5 rings (SSSR count). The van der Waals surface area contributed by atoms with Gasteiger partial charge in [-0.2, -0.15) is 0 Å². The Morgan fingerprint density at radius 1 is 0.941 bits per heavy atom. The van der Waals surface area contributed by atoms with E-state index in [9.17, 15) is 4.79 Å². The number of nitrogens with one attached hydrogen (secondary N) is 2. The Labute approximate surface area is 103 Å². The predicted octanol–water partition coefficient (Wildman–Crippen LogP) is 1.15. The molecule has 0 aromatic heterocycles. The summed E-state index contributed by atoms with van der Waals surface area (Å²) in [6, 6.07) is 0.416. The van der Waals surface area contributed by atoms with Crippen LogP contribution < -0.4 is 10.6 Å². The summed E-state index contributed by atoms with van der Waals surface area (Å²) in [5.41, 5.74) is 0. The molecule has 4 bridgehead atoms. The maximum absolute atomic E-state index is 12.4. The van der Waals surface area contributed by atoms with Gasteiger partial charge in [-0.15, -0.1) is 0 Å². The van der Waals surface area contributed by atoms with Gasteiger partial charge in [0.2, 0.25) is 5.91 Å². The SMILES string of the molecule is O=C(NC1CNC1)C1C2CC3CC(C2)CC1C3. The summed E-state index contributed by atoms with van der Waals surface area (Å²) in [5.74, 6) is 4.12. The Morgan fingerprint density at radius 2 is 1.53 bits per heavy atom. The molecule has 5 aliphatic rings. The molecule has 2 N–H and O–H groups in total. The molecule has 1 saturated heterocycles. The van der Waals surface area contributed by atoms with E-state index in [0.717, 1.165) is 36.8 Å². The third-order valence-corrected chi connectivity index (χ3v) is 5.66. The van der Waals surface area contributed by atoms with Crippen LogP contribution in [0.1, 0.15) is 32.1 Å². The summed E-state index contributed by atoms with van der Waals surface area (Å²) in [6.07, 6.45) is 6.83. The van der Waals surface area contributed by atoms with Crippen LogP contribution in [0.2, 0.25) is 0 Å². The molecular weight excluding hydrogens is 212 g/mol. The monoisotopic (exact) mass is 234 g/mol. The Morgan fingerprint density at radius 3 is 2.00 bits per heavy atom. The summed E-state index contributed by atoms with van der Waals surface area (Å²) in [4.78, 5) is 12.4. The van der Waals surface area contributed by atoms with Crippen LogP contribution in [0.5, 0.6) is 0 Å². The maximum Gasteiger partial charge on any atom is 0.223 e. The second kappa shape index (κ2) is 3.71. The van der Waals surface area contributed by atoms with Crippen LogP contribution in [0.3, 0.4) is 0 Å². The lowest BCUT2D eigenvalue weighted by Gasteiger charge is -2.54. The van der Waals surface area contributed by atoms with E-state index in [1.54, 1.807) is 0 Å². The van der Waals surface area contributed by atoms with Crippen LogP contribution in [0.15, 0.2) is 0 Å². The van der Waals surface area contributed by atoms with E-state index in [-0.39, 0.29) is 0 Å². The maximum atomic E-state index is 12.4. The molecule has 0 radical (unpaired) electrons. The van der Waals surface area contributed by atoms with Gasteiger partial charge in [0.1, 0.15) is 0 Å². The number of carbonyl (C=O) groups is 1. The molecule has 17 heavy (non-hydrogen) atoms. The van der Waals surface area contributed by atoms with E-state index in [1.807, 2.05) is 0 Å². The van der Waals surface area contributed by atoms with Gasteiger partial charge in [-0.05, 0) is 55.8 Å². The molecule has 4 aliphatic carbocycles. The number of amides is 1. The van der Waals surface area contributed by atoms with Gasteiger partial charge in [0.05, 0.1) is 6.04 Å². The van der Waals surface area contributed by atoms with Crippen molar-refractivity contribution in [1.29, 1.82) is 0 Å².